The van der Waals surface area contributed by atoms with Gasteiger partial charge < -0.3 is 39.3 Å². The molecule has 10 heteroatoms. The van der Waals surface area contributed by atoms with Gasteiger partial charge in [0.2, 0.25) is 0 Å². The fraction of sp³-hybridized carbons (Fsp3) is 0.684. The van der Waals surface area contributed by atoms with Crippen molar-refractivity contribution in [2.45, 2.75) is 13.5 Å². The number of anilines is 1. The summed E-state index contributed by atoms with van der Waals surface area (Å²) in [5.74, 6) is -0.444. The van der Waals surface area contributed by atoms with E-state index in [1.54, 1.807) is 19.2 Å². The van der Waals surface area contributed by atoms with Crippen molar-refractivity contribution in [2.24, 2.45) is 5.73 Å². The molecular formula is C19H33N3O7. The highest BCUT2D eigenvalue weighted by Crippen LogP contribution is 2.03. The summed E-state index contributed by atoms with van der Waals surface area (Å²) in [5.41, 5.74) is 5.77. The van der Waals surface area contributed by atoms with Crippen molar-refractivity contribution in [3.63, 3.8) is 0 Å². The van der Waals surface area contributed by atoms with E-state index < -0.39 is 5.97 Å². The highest BCUT2D eigenvalue weighted by molar-refractivity contribution is 5.69. The summed E-state index contributed by atoms with van der Waals surface area (Å²) >= 11 is 0. The fourth-order valence-electron chi connectivity index (χ4n) is 2.22. The number of nitrogens with zero attached hydrogens (tertiary/aromatic N) is 1. The Hall–Kier alpha value is -1.98. The van der Waals surface area contributed by atoms with E-state index in [-0.39, 0.29) is 18.7 Å². The molecule has 0 aromatic carbocycles. The second kappa shape index (κ2) is 16.9. The molecule has 1 rings (SSSR count). The SMILES string of the molecule is CCOC(=O)Cn1cc(NCCOCCOCCOCCOCCN)ccc1=O. The number of pyridine rings is 1. The minimum atomic E-state index is -0.444. The lowest BCUT2D eigenvalue weighted by molar-refractivity contribution is -0.143. The first-order valence-corrected chi connectivity index (χ1v) is 9.78. The number of carbonyl (C=O) groups is 1. The normalized spacial score (nSPS) is 10.8. The number of ether oxygens (including phenoxy) is 5. The lowest BCUT2D eigenvalue weighted by Crippen LogP contribution is -2.25. The molecule has 0 aliphatic heterocycles. The van der Waals surface area contributed by atoms with Crippen molar-refractivity contribution < 1.29 is 28.5 Å². The van der Waals surface area contributed by atoms with Crippen LogP contribution in [0.2, 0.25) is 0 Å². The Labute approximate surface area is 171 Å². The molecule has 0 aliphatic carbocycles. The van der Waals surface area contributed by atoms with Gasteiger partial charge >= 0.3 is 5.97 Å². The predicted molar refractivity (Wildman–Crippen MR) is 108 cm³/mol. The van der Waals surface area contributed by atoms with Crippen LogP contribution in [0.1, 0.15) is 6.92 Å². The first-order valence-electron chi connectivity index (χ1n) is 9.78. The first-order chi connectivity index (χ1) is 14.2. The largest absolute Gasteiger partial charge is 0.465 e. The molecule has 0 amide bonds. The van der Waals surface area contributed by atoms with Crippen LogP contribution in [-0.4, -0.2) is 83.1 Å². The van der Waals surface area contributed by atoms with Crippen LogP contribution in [0.3, 0.4) is 0 Å². The monoisotopic (exact) mass is 415 g/mol. The summed E-state index contributed by atoms with van der Waals surface area (Å²) in [6.45, 7) is 7.02. The number of esters is 1. The Morgan fingerprint density at radius 3 is 2.14 bits per heavy atom. The van der Waals surface area contributed by atoms with Crippen LogP contribution >= 0.6 is 0 Å². The quantitative estimate of drug-likeness (QED) is 0.249. The summed E-state index contributed by atoms with van der Waals surface area (Å²) in [5, 5.41) is 3.14. The number of aromatic nitrogens is 1. The fourth-order valence-corrected chi connectivity index (χ4v) is 2.22. The number of hydrogen-bond donors (Lipinski definition) is 2. The average Bonchev–Trinajstić information content (AvgIpc) is 2.70. The predicted octanol–water partition coefficient (Wildman–Crippen LogP) is -0.152. The minimum Gasteiger partial charge on any atom is -0.465 e. The molecule has 10 nitrogen and oxygen atoms in total. The van der Waals surface area contributed by atoms with Gasteiger partial charge in [-0.05, 0) is 13.0 Å². The van der Waals surface area contributed by atoms with Gasteiger partial charge in [0.05, 0.1) is 65.1 Å². The lowest BCUT2D eigenvalue weighted by Gasteiger charge is -2.10. The molecule has 0 atom stereocenters. The topological polar surface area (TPSA) is 123 Å². The Morgan fingerprint density at radius 1 is 0.966 bits per heavy atom. The molecule has 29 heavy (non-hydrogen) atoms. The maximum atomic E-state index is 11.8. The van der Waals surface area contributed by atoms with E-state index in [9.17, 15) is 9.59 Å². The molecule has 0 spiro atoms. The molecule has 0 saturated heterocycles. The number of nitrogens with two attached hydrogens (primary N) is 1. The molecule has 166 valence electrons. The van der Waals surface area contributed by atoms with E-state index in [0.717, 1.165) is 5.69 Å². The number of rotatable bonds is 18. The summed E-state index contributed by atoms with van der Waals surface area (Å²) in [6, 6.07) is 3.07. The van der Waals surface area contributed by atoms with Gasteiger partial charge in [-0.3, -0.25) is 9.59 Å². The van der Waals surface area contributed by atoms with Gasteiger partial charge in [-0.2, -0.15) is 0 Å². The standard InChI is InChI=1S/C19H33N3O7/c1-2-29-19(24)16-22-15-17(3-4-18(22)23)21-6-8-26-10-12-28-14-13-27-11-9-25-7-5-20/h3-4,15,21H,2,5-14,16,20H2,1H3. The Bertz CT molecular complexity index is 610. The summed E-state index contributed by atoms with van der Waals surface area (Å²) in [6.07, 6.45) is 1.59. The smallest absolute Gasteiger partial charge is 0.326 e. The zero-order valence-corrected chi connectivity index (χ0v) is 17.1. The van der Waals surface area contributed by atoms with Crippen LogP contribution in [0, 0.1) is 0 Å². The Morgan fingerprint density at radius 2 is 1.55 bits per heavy atom. The van der Waals surface area contributed by atoms with Crippen molar-refractivity contribution in [3.8, 4) is 0 Å². The van der Waals surface area contributed by atoms with Crippen LogP contribution in [0.4, 0.5) is 5.69 Å². The van der Waals surface area contributed by atoms with Crippen LogP contribution in [0.15, 0.2) is 23.1 Å². The van der Waals surface area contributed by atoms with Gasteiger partial charge in [-0.25, -0.2) is 0 Å². The van der Waals surface area contributed by atoms with Crippen LogP contribution in [-0.2, 0) is 35.0 Å². The van der Waals surface area contributed by atoms with Gasteiger partial charge in [-0.15, -0.1) is 0 Å². The number of carbonyl (C=O) groups excluding carboxylic acids is 1. The third-order valence-corrected chi connectivity index (χ3v) is 3.54. The number of hydrogen-bond acceptors (Lipinski definition) is 9. The molecular weight excluding hydrogens is 382 g/mol. The van der Waals surface area contributed by atoms with Crippen LogP contribution < -0.4 is 16.6 Å². The third kappa shape index (κ3) is 13.0. The van der Waals surface area contributed by atoms with E-state index >= 15 is 0 Å². The van der Waals surface area contributed by atoms with Crippen molar-refractivity contribution in [3.05, 3.63) is 28.7 Å². The van der Waals surface area contributed by atoms with Crippen molar-refractivity contribution in [2.75, 3.05) is 77.9 Å². The van der Waals surface area contributed by atoms with E-state index in [1.807, 2.05) is 0 Å². The van der Waals surface area contributed by atoms with Crippen LogP contribution in [0.5, 0.6) is 0 Å². The van der Waals surface area contributed by atoms with E-state index in [2.05, 4.69) is 5.32 Å². The average molecular weight is 415 g/mol. The van der Waals surface area contributed by atoms with E-state index in [4.69, 9.17) is 29.4 Å². The number of nitrogens with one attached hydrogen (secondary N) is 1. The van der Waals surface area contributed by atoms with Gasteiger partial charge in [0, 0.05) is 25.4 Å². The Balaban J connectivity index is 2.03. The zero-order valence-electron chi connectivity index (χ0n) is 17.1. The van der Waals surface area contributed by atoms with Gasteiger partial charge in [0.25, 0.3) is 5.56 Å². The highest BCUT2D eigenvalue weighted by atomic mass is 16.6. The lowest BCUT2D eigenvalue weighted by atomic mass is 10.4. The van der Waals surface area contributed by atoms with Crippen molar-refractivity contribution in [1.82, 2.24) is 4.57 Å². The second-order valence-corrected chi connectivity index (χ2v) is 5.85. The van der Waals surface area contributed by atoms with E-state index in [0.29, 0.717) is 65.9 Å². The maximum Gasteiger partial charge on any atom is 0.326 e. The molecule has 1 aromatic rings. The second-order valence-electron chi connectivity index (χ2n) is 5.85. The summed E-state index contributed by atoms with van der Waals surface area (Å²) < 4.78 is 27.6. The van der Waals surface area contributed by atoms with Crippen molar-refractivity contribution >= 4 is 11.7 Å². The van der Waals surface area contributed by atoms with E-state index in [1.165, 1.54) is 10.6 Å². The van der Waals surface area contributed by atoms with Crippen LogP contribution in [0.25, 0.3) is 0 Å². The molecule has 0 radical (unpaired) electrons. The van der Waals surface area contributed by atoms with Gasteiger partial charge in [0.15, 0.2) is 0 Å². The molecule has 0 unspecified atom stereocenters. The summed E-state index contributed by atoms with van der Waals surface area (Å²) in [7, 11) is 0. The molecule has 3 N–H and O–H groups in total. The zero-order chi connectivity index (χ0) is 21.2. The molecule has 0 bridgehead atoms. The third-order valence-electron chi connectivity index (χ3n) is 3.54. The van der Waals surface area contributed by atoms with Crippen molar-refractivity contribution in [1.29, 1.82) is 0 Å². The first kappa shape index (κ1) is 25.1. The highest BCUT2D eigenvalue weighted by Gasteiger charge is 2.05. The molecule has 0 aliphatic rings. The molecule has 0 saturated carbocycles. The maximum absolute atomic E-state index is 11.8. The Kier molecular flexibility index (Phi) is 14.6. The van der Waals surface area contributed by atoms with Gasteiger partial charge in [-0.1, -0.05) is 0 Å². The minimum absolute atomic E-state index is 0.111. The molecule has 0 fully saturated rings. The molecule has 1 aromatic heterocycles. The van der Waals surface area contributed by atoms with Gasteiger partial charge in [0.1, 0.15) is 6.54 Å². The summed E-state index contributed by atoms with van der Waals surface area (Å²) in [4.78, 5) is 23.3. The molecule has 1 heterocycles.